The molecule has 3 aliphatic rings. The Morgan fingerprint density at radius 2 is 0.861 bits per heavy atom. The maximum absolute atomic E-state index is 13.4. The molecule has 0 aromatic heterocycles. The van der Waals surface area contributed by atoms with Crippen molar-refractivity contribution in [1.82, 2.24) is 0 Å². The highest BCUT2D eigenvalue weighted by Crippen LogP contribution is 2.47. The van der Waals surface area contributed by atoms with Crippen molar-refractivity contribution in [3.63, 3.8) is 0 Å². The molecule has 3 fully saturated rings. The minimum absolute atomic E-state index is 0.215. The predicted octanol–water partition coefficient (Wildman–Crippen LogP) is 5.30. The van der Waals surface area contributed by atoms with E-state index in [2.05, 4.69) is 27.7 Å². The molecule has 0 N–H and O–H groups in total. The van der Waals surface area contributed by atoms with Crippen LogP contribution in [0, 0.1) is 11.8 Å². The van der Waals surface area contributed by atoms with Crippen molar-refractivity contribution in [3.8, 4) is 0 Å². The summed E-state index contributed by atoms with van der Waals surface area (Å²) in [6.45, 7) is 15.6. The standard InChI is InChI=1S/C28H48O8/c1-9-13-17(14-10-2)25(29)31-19-20(32-26(30)18(15-11-3)16-12-4)22-24(36-28(7,8)34-22)23-21(19)33-27(5,6)35-23/h17-24H,9-16H2,1-8H3/t19-,20-,21-,22+,23-,24-/m0/s1. The van der Waals surface area contributed by atoms with Gasteiger partial charge in [-0.3, -0.25) is 9.59 Å². The van der Waals surface area contributed by atoms with Gasteiger partial charge in [0.1, 0.15) is 24.4 Å². The average Bonchev–Trinajstić information content (AvgIpc) is 3.30. The van der Waals surface area contributed by atoms with Gasteiger partial charge in [0.15, 0.2) is 23.8 Å². The Bertz CT molecular complexity index is 676. The molecule has 8 heteroatoms. The van der Waals surface area contributed by atoms with Crippen LogP contribution in [0.4, 0.5) is 0 Å². The number of hydrogen-bond donors (Lipinski definition) is 0. The highest BCUT2D eigenvalue weighted by molar-refractivity contribution is 5.74. The maximum atomic E-state index is 13.4. The van der Waals surface area contributed by atoms with Crippen LogP contribution in [0.25, 0.3) is 0 Å². The molecule has 2 saturated heterocycles. The number of ether oxygens (including phenoxy) is 6. The van der Waals surface area contributed by atoms with Gasteiger partial charge in [-0.1, -0.05) is 53.4 Å². The fourth-order valence-electron chi connectivity index (χ4n) is 5.91. The average molecular weight is 513 g/mol. The zero-order chi connectivity index (χ0) is 26.7. The van der Waals surface area contributed by atoms with Gasteiger partial charge in [-0.25, -0.2) is 0 Å². The monoisotopic (exact) mass is 512 g/mol. The third-order valence-electron chi connectivity index (χ3n) is 7.34. The van der Waals surface area contributed by atoms with Crippen LogP contribution in [0.15, 0.2) is 0 Å². The zero-order valence-electron chi connectivity index (χ0n) is 23.5. The lowest BCUT2D eigenvalue weighted by molar-refractivity contribution is -0.215. The van der Waals surface area contributed by atoms with Gasteiger partial charge in [-0.2, -0.15) is 0 Å². The number of rotatable bonds is 12. The lowest BCUT2D eigenvalue weighted by Crippen LogP contribution is -2.64. The molecule has 0 unspecified atom stereocenters. The largest absolute Gasteiger partial charge is 0.455 e. The molecule has 0 spiro atoms. The molecule has 208 valence electrons. The van der Waals surface area contributed by atoms with Gasteiger partial charge in [0.25, 0.3) is 0 Å². The predicted molar refractivity (Wildman–Crippen MR) is 134 cm³/mol. The van der Waals surface area contributed by atoms with E-state index in [0.717, 1.165) is 51.4 Å². The number of esters is 2. The summed E-state index contributed by atoms with van der Waals surface area (Å²) in [6, 6.07) is 0. The first-order chi connectivity index (χ1) is 17.0. The van der Waals surface area contributed by atoms with Crippen LogP contribution < -0.4 is 0 Å². The molecule has 0 amide bonds. The Kier molecular flexibility index (Phi) is 9.86. The van der Waals surface area contributed by atoms with Crippen molar-refractivity contribution in [3.05, 3.63) is 0 Å². The van der Waals surface area contributed by atoms with Crippen LogP contribution in [0.5, 0.6) is 0 Å². The molecule has 2 aliphatic heterocycles. The SMILES string of the molecule is CCCC(CCC)C(=O)O[C@H]1[C@H](OC(=O)C(CCC)CCC)[C@@H]2OC(C)(C)O[C@@H]2[C@H]2OC(C)(C)O[C@H]12. The fourth-order valence-corrected chi connectivity index (χ4v) is 5.91. The summed E-state index contributed by atoms with van der Waals surface area (Å²) in [4.78, 5) is 26.8. The fraction of sp³-hybridized carbons (Fsp3) is 0.929. The minimum Gasteiger partial charge on any atom is -0.455 e. The van der Waals surface area contributed by atoms with E-state index in [1.165, 1.54) is 0 Å². The van der Waals surface area contributed by atoms with Crippen molar-refractivity contribution < 1.29 is 38.0 Å². The summed E-state index contributed by atoms with van der Waals surface area (Å²) in [5.41, 5.74) is 0. The molecule has 0 aromatic rings. The highest BCUT2D eigenvalue weighted by atomic mass is 16.8. The normalized spacial score (nSPS) is 32.4. The smallest absolute Gasteiger partial charge is 0.309 e. The molecule has 1 aliphatic carbocycles. The summed E-state index contributed by atoms with van der Waals surface area (Å²) in [5, 5.41) is 0. The van der Waals surface area contributed by atoms with E-state index in [9.17, 15) is 9.59 Å². The van der Waals surface area contributed by atoms with E-state index in [1.807, 2.05) is 27.7 Å². The Morgan fingerprint density at radius 1 is 0.583 bits per heavy atom. The molecule has 1 saturated carbocycles. The summed E-state index contributed by atoms with van der Waals surface area (Å²) >= 11 is 0. The molecule has 0 radical (unpaired) electrons. The van der Waals surface area contributed by atoms with Crippen LogP contribution >= 0.6 is 0 Å². The second-order valence-electron chi connectivity index (χ2n) is 11.5. The Labute approximate surface area is 217 Å². The van der Waals surface area contributed by atoms with Gasteiger partial charge in [-0.05, 0) is 53.4 Å². The van der Waals surface area contributed by atoms with Crippen LogP contribution in [0.3, 0.4) is 0 Å². The number of fused-ring (bicyclic) bond motifs is 3. The number of carbonyl (C=O) groups is 2. The van der Waals surface area contributed by atoms with Crippen molar-refractivity contribution in [1.29, 1.82) is 0 Å². The first kappa shape index (κ1) is 29.3. The Balaban J connectivity index is 1.96. The molecule has 3 rings (SSSR count). The summed E-state index contributed by atoms with van der Waals surface area (Å²) in [6.07, 6.45) is 2.49. The molecular weight excluding hydrogens is 464 g/mol. The Hall–Kier alpha value is -1.22. The molecule has 6 atom stereocenters. The maximum Gasteiger partial charge on any atom is 0.309 e. The minimum atomic E-state index is -0.904. The second kappa shape index (κ2) is 12.1. The van der Waals surface area contributed by atoms with Gasteiger partial charge in [-0.15, -0.1) is 0 Å². The molecule has 0 bridgehead atoms. The molecule has 8 nitrogen and oxygen atoms in total. The van der Waals surface area contributed by atoms with E-state index in [4.69, 9.17) is 28.4 Å². The van der Waals surface area contributed by atoms with E-state index < -0.39 is 48.2 Å². The highest BCUT2D eigenvalue weighted by Gasteiger charge is 2.66. The summed E-state index contributed by atoms with van der Waals surface area (Å²) < 4.78 is 37.5. The first-order valence-corrected chi connectivity index (χ1v) is 14.1. The van der Waals surface area contributed by atoms with E-state index >= 15 is 0 Å². The molecule has 36 heavy (non-hydrogen) atoms. The first-order valence-electron chi connectivity index (χ1n) is 14.1. The second-order valence-corrected chi connectivity index (χ2v) is 11.5. The number of hydrogen-bond acceptors (Lipinski definition) is 8. The van der Waals surface area contributed by atoms with E-state index in [0.29, 0.717) is 0 Å². The van der Waals surface area contributed by atoms with Gasteiger partial charge < -0.3 is 28.4 Å². The lowest BCUT2D eigenvalue weighted by atomic mass is 9.84. The lowest BCUT2D eigenvalue weighted by Gasteiger charge is -2.42. The third kappa shape index (κ3) is 6.61. The number of carbonyl (C=O) groups excluding carboxylic acids is 2. The van der Waals surface area contributed by atoms with Crippen molar-refractivity contribution >= 4 is 11.9 Å². The summed E-state index contributed by atoms with van der Waals surface area (Å²) in [7, 11) is 0. The van der Waals surface area contributed by atoms with Gasteiger partial charge in [0, 0.05) is 0 Å². The Morgan fingerprint density at radius 3 is 1.14 bits per heavy atom. The van der Waals surface area contributed by atoms with Crippen LogP contribution in [0.2, 0.25) is 0 Å². The van der Waals surface area contributed by atoms with Crippen LogP contribution in [-0.2, 0) is 38.0 Å². The molecular formula is C28H48O8. The van der Waals surface area contributed by atoms with E-state index in [-0.39, 0.29) is 23.8 Å². The van der Waals surface area contributed by atoms with Gasteiger partial charge >= 0.3 is 11.9 Å². The van der Waals surface area contributed by atoms with Crippen molar-refractivity contribution in [2.75, 3.05) is 0 Å². The summed E-state index contributed by atoms with van der Waals surface area (Å²) in [5.74, 6) is -2.81. The van der Waals surface area contributed by atoms with Gasteiger partial charge in [0.05, 0.1) is 11.8 Å². The quantitative estimate of drug-likeness (QED) is 0.326. The molecule has 2 heterocycles. The van der Waals surface area contributed by atoms with Crippen LogP contribution in [-0.4, -0.2) is 60.1 Å². The zero-order valence-corrected chi connectivity index (χ0v) is 23.5. The van der Waals surface area contributed by atoms with Crippen molar-refractivity contribution in [2.24, 2.45) is 11.8 Å². The topological polar surface area (TPSA) is 89.5 Å². The van der Waals surface area contributed by atoms with Gasteiger partial charge in [0.2, 0.25) is 0 Å². The van der Waals surface area contributed by atoms with Crippen LogP contribution in [0.1, 0.15) is 107 Å². The molecule has 0 aromatic carbocycles. The third-order valence-corrected chi connectivity index (χ3v) is 7.34. The van der Waals surface area contributed by atoms with Crippen molar-refractivity contribution in [2.45, 2.75) is 155 Å². The van der Waals surface area contributed by atoms with E-state index in [1.54, 1.807) is 0 Å².